The van der Waals surface area contributed by atoms with Crippen LogP contribution in [0.5, 0.6) is 0 Å². The zero-order chi connectivity index (χ0) is 10.5. The Labute approximate surface area is 79.8 Å². The van der Waals surface area contributed by atoms with E-state index in [0.717, 1.165) is 0 Å². The highest BCUT2D eigenvalue weighted by Crippen LogP contribution is 2.46. The molecule has 0 aromatic carbocycles. The summed E-state index contributed by atoms with van der Waals surface area (Å²) in [5.74, 6) is 0. The fourth-order valence-corrected chi connectivity index (χ4v) is 1.91. The van der Waals surface area contributed by atoms with E-state index in [-0.39, 0.29) is 6.16 Å². The van der Waals surface area contributed by atoms with E-state index in [1.807, 2.05) is 6.92 Å². The summed E-state index contributed by atoms with van der Waals surface area (Å²) in [6.07, 6.45) is 0.775. The highest BCUT2D eigenvalue weighted by atomic mass is 31.2. The summed E-state index contributed by atoms with van der Waals surface area (Å²) in [5, 5.41) is 0. The van der Waals surface area contributed by atoms with Crippen LogP contribution >= 0.6 is 7.60 Å². The van der Waals surface area contributed by atoms with Gasteiger partial charge >= 0.3 is 7.60 Å². The quantitative estimate of drug-likeness (QED) is 0.681. The molecule has 0 rings (SSSR count). The largest absolute Gasteiger partial charge is 0.382 e. The van der Waals surface area contributed by atoms with Gasteiger partial charge in [0.25, 0.3) is 0 Å². The fraction of sp³-hybridized carbons (Fsp3) is 1.00. The molecule has 0 saturated heterocycles. The van der Waals surface area contributed by atoms with Gasteiger partial charge in [0.1, 0.15) is 0 Å². The minimum absolute atomic E-state index is 0.131. The molecule has 13 heavy (non-hydrogen) atoms. The Balaban J connectivity index is 4.34. The first-order valence-electron chi connectivity index (χ1n) is 4.40. The van der Waals surface area contributed by atoms with Crippen LogP contribution < -0.4 is 0 Å². The highest BCUT2D eigenvalue weighted by Gasteiger charge is 2.31. The minimum Gasteiger partial charge on any atom is -0.382 e. The molecule has 5 heteroatoms. The van der Waals surface area contributed by atoms with Gasteiger partial charge < -0.3 is 9.63 Å². The summed E-state index contributed by atoms with van der Waals surface area (Å²) < 4.78 is 21.4. The maximum atomic E-state index is 11.3. The first-order chi connectivity index (χ1) is 5.89. The molecule has 0 aliphatic rings. The second-order valence-corrected chi connectivity index (χ2v) is 5.37. The Bertz CT molecular complexity index is 195. The summed E-state index contributed by atoms with van der Waals surface area (Å²) in [5.41, 5.74) is -0.658. The standard InChI is InChI=1S/C8H19O4P/c1-5-8(3,7-11-4)12-13(9,10)6-2/h5-7H2,1-4H3,(H,9,10). The lowest BCUT2D eigenvalue weighted by Crippen LogP contribution is -2.32. The molecule has 2 atom stereocenters. The van der Waals surface area contributed by atoms with Crippen LogP contribution in [0.2, 0.25) is 0 Å². The predicted molar refractivity (Wildman–Crippen MR) is 52.0 cm³/mol. The molecule has 0 saturated carbocycles. The normalized spacial score (nSPS) is 20.7. The van der Waals surface area contributed by atoms with Crippen LogP contribution in [0.4, 0.5) is 0 Å². The molecule has 0 aromatic rings. The van der Waals surface area contributed by atoms with Gasteiger partial charge in [-0.1, -0.05) is 13.8 Å². The average molecular weight is 210 g/mol. The summed E-state index contributed by atoms with van der Waals surface area (Å²) in [6, 6.07) is 0. The van der Waals surface area contributed by atoms with Crippen LogP contribution in [0.25, 0.3) is 0 Å². The van der Waals surface area contributed by atoms with Crippen molar-refractivity contribution in [3.8, 4) is 0 Å². The van der Waals surface area contributed by atoms with E-state index in [9.17, 15) is 9.46 Å². The van der Waals surface area contributed by atoms with Gasteiger partial charge in [-0.15, -0.1) is 0 Å². The third kappa shape index (κ3) is 4.77. The van der Waals surface area contributed by atoms with Gasteiger partial charge in [0.15, 0.2) is 0 Å². The van der Waals surface area contributed by atoms with E-state index >= 15 is 0 Å². The molecule has 80 valence electrons. The van der Waals surface area contributed by atoms with Crippen molar-refractivity contribution in [2.24, 2.45) is 0 Å². The van der Waals surface area contributed by atoms with Gasteiger partial charge in [-0.05, 0) is 13.3 Å². The van der Waals surface area contributed by atoms with E-state index in [4.69, 9.17) is 9.26 Å². The second-order valence-electron chi connectivity index (χ2n) is 3.28. The zero-order valence-electron chi connectivity index (χ0n) is 8.74. The van der Waals surface area contributed by atoms with Gasteiger partial charge in [0, 0.05) is 13.3 Å². The second kappa shape index (κ2) is 5.11. The lowest BCUT2D eigenvalue weighted by molar-refractivity contribution is -0.00538. The van der Waals surface area contributed by atoms with Crippen LogP contribution in [0.3, 0.4) is 0 Å². The molecule has 0 spiro atoms. The lowest BCUT2D eigenvalue weighted by atomic mass is 10.1. The van der Waals surface area contributed by atoms with Crippen LogP contribution in [-0.4, -0.2) is 30.4 Å². The molecule has 0 fully saturated rings. The van der Waals surface area contributed by atoms with E-state index in [2.05, 4.69) is 0 Å². The molecule has 4 nitrogen and oxygen atoms in total. The molecule has 0 bridgehead atoms. The number of hydrogen-bond acceptors (Lipinski definition) is 3. The van der Waals surface area contributed by atoms with Gasteiger partial charge in [-0.25, -0.2) is 0 Å². The molecule has 2 unspecified atom stereocenters. The number of hydrogen-bond donors (Lipinski definition) is 1. The Morgan fingerprint density at radius 2 is 2.00 bits per heavy atom. The van der Waals surface area contributed by atoms with Crippen molar-refractivity contribution in [1.29, 1.82) is 0 Å². The molecule has 0 aliphatic carbocycles. The van der Waals surface area contributed by atoms with Crippen molar-refractivity contribution in [3.63, 3.8) is 0 Å². The fourth-order valence-electron chi connectivity index (χ4n) is 0.907. The molecule has 0 radical (unpaired) electrons. The van der Waals surface area contributed by atoms with Crippen LogP contribution in [-0.2, 0) is 13.8 Å². The average Bonchev–Trinajstić information content (AvgIpc) is 2.04. The molecule has 1 N–H and O–H groups in total. The minimum atomic E-state index is -3.42. The number of ether oxygens (including phenoxy) is 1. The summed E-state index contributed by atoms with van der Waals surface area (Å²) >= 11 is 0. The first-order valence-corrected chi connectivity index (χ1v) is 6.17. The monoisotopic (exact) mass is 210 g/mol. The third-order valence-corrected chi connectivity index (χ3v) is 3.49. The topological polar surface area (TPSA) is 55.8 Å². The molecule has 0 aliphatic heterocycles. The lowest BCUT2D eigenvalue weighted by Gasteiger charge is -2.29. The van der Waals surface area contributed by atoms with Crippen molar-refractivity contribution in [2.45, 2.75) is 32.8 Å². The van der Waals surface area contributed by atoms with Gasteiger partial charge in [-0.3, -0.25) is 9.09 Å². The highest BCUT2D eigenvalue weighted by molar-refractivity contribution is 7.52. The maximum Gasteiger partial charge on any atom is 0.328 e. The van der Waals surface area contributed by atoms with Gasteiger partial charge in [0.2, 0.25) is 0 Å². The summed E-state index contributed by atoms with van der Waals surface area (Å²) in [4.78, 5) is 9.29. The molecular weight excluding hydrogens is 191 g/mol. The van der Waals surface area contributed by atoms with Crippen molar-refractivity contribution in [1.82, 2.24) is 0 Å². The first kappa shape index (κ1) is 13.1. The Hall–Kier alpha value is 0.110. The molecule has 0 amide bonds. The predicted octanol–water partition coefficient (Wildman–Crippen LogP) is 2.02. The van der Waals surface area contributed by atoms with Gasteiger partial charge in [-0.2, -0.15) is 0 Å². The Kier molecular flexibility index (Phi) is 5.15. The Morgan fingerprint density at radius 1 is 1.46 bits per heavy atom. The van der Waals surface area contributed by atoms with E-state index < -0.39 is 13.2 Å². The number of rotatable bonds is 6. The van der Waals surface area contributed by atoms with Crippen LogP contribution in [0.1, 0.15) is 27.2 Å². The van der Waals surface area contributed by atoms with Crippen molar-refractivity contribution >= 4 is 7.60 Å². The summed E-state index contributed by atoms with van der Waals surface area (Å²) in [7, 11) is -1.87. The third-order valence-electron chi connectivity index (χ3n) is 1.96. The molecular formula is C8H19O4P. The Morgan fingerprint density at radius 3 is 2.31 bits per heavy atom. The SMILES string of the molecule is CCC(C)(COC)OP(=O)(O)CC. The van der Waals surface area contributed by atoms with E-state index in [1.54, 1.807) is 21.0 Å². The summed E-state index contributed by atoms with van der Waals surface area (Å²) in [6.45, 7) is 5.63. The molecule has 0 heterocycles. The smallest absolute Gasteiger partial charge is 0.328 e. The number of methoxy groups -OCH3 is 1. The van der Waals surface area contributed by atoms with E-state index in [0.29, 0.717) is 13.0 Å². The van der Waals surface area contributed by atoms with Gasteiger partial charge in [0.05, 0.1) is 12.2 Å². The van der Waals surface area contributed by atoms with E-state index in [1.165, 1.54) is 0 Å². The van der Waals surface area contributed by atoms with Crippen molar-refractivity contribution < 1.29 is 18.7 Å². The zero-order valence-corrected chi connectivity index (χ0v) is 9.63. The van der Waals surface area contributed by atoms with Crippen LogP contribution in [0, 0.1) is 0 Å². The van der Waals surface area contributed by atoms with Crippen molar-refractivity contribution in [3.05, 3.63) is 0 Å². The maximum absolute atomic E-state index is 11.3. The van der Waals surface area contributed by atoms with Crippen molar-refractivity contribution in [2.75, 3.05) is 19.9 Å². The molecule has 0 aromatic heterocycles. The van der Waals surface area contributed by atoms with Crippen LogP contribution in [0.15, 0.2) is 0 Å².